The van der Waals surface area contributed by atoms with Crippen molar-refractivity contribution in [3.63, 3.8) is 0 Å². The molecule has 0 aliphatic rings. The van der Waals surface area contributed by atoms with Gasteiger partial charge in [-0.2, -0.15) is 0 Å². The lowest BCUT2D eigenvalue weighted by Crippen LogP contribution is -2.39. The minimum Gasteiger partial charge on any atom is -0.333 e. The summed E-state index contributed by atoms with van der Waals surface area (Å²) in [5.74, 6) is -1.46. The molecule has 10 heteroatoms. The van der Waals surface area contributed by atoms with Crippen LogP contribution in [0.25, 0.3) is 0 Å². The predicted octanol–water partition coefficient (Wildman–Crippen LogP) is 5.94. The second kappa shape index (κ2) is 14.9. The van der Waals surface area contributed by atoms with Gasteiger partial charge in [-0.25, -0.2) is 9.97 Å². The van der Waals surface area contributed by atoms with Crippen LogP contribution in [0.5, 0.6) is 0 Å². The molecule has 1 aromatic heterocycles. The molecule has 0 fully saturated rings. The molecule has 1 heterocycles. The minimum absolute atomic E-state index is 0.206. The highest BCUT2D eigenvalue weighted by Gasteiger charge is 2.27. The van der Waals surface area contributed by atoms with Crippen molar-refractivity contribution in [3.05, 3.63) is 156 Å². The first kappa shape index (κ1) is 30.4. The molecule has 44 heavy (non-hydrogen) atoms. The highest BCUT2D eigenvalue weighted by molar-refractivity contribution is 8.01. The zero-order chi connectivity index (χ0) is 30.7. The summed E-state index contributed by atoms with van der Waals surface area (Å²) in [5.41, 5.74) is 1.66. The molecule has 0 spiro atoms. The highest BCUT2D eigenvalue weighted by atomic mass is 32.2. The molecule has 0 bridgehead atoms. The fourth-order valence-corrected chi connectivity index (χ4v) is 5.94. The third-order valence-corrected chi connectivity index (χ3v) is 8.27. The Kier molecular flexibility index (Phi) is 10.3. The smallest absolute Gasteiger partial charge is 0.252 e. The van der Waals surface area contributed by atoms with Crippen molar-refractivity contribution in [1.29, 1.82) is 0 Å². The molecule has 218 valence electrons. The number of thioether (sulfide) groups is 2. The second-order valence-corrected chi connectivity index (χ2v) is 11.5. The van der Waals surface area contributed by atoms with E-state index in [-0.39, 0.29) is 16.7 Å². The topological polar surface area (TPSA) is 118 Å². The Labute approximate surface area is 262 Å². The summed E-state index contributed by atoms with van der Waals surface area (Å²) in [6.07, 6.45) is 1.50. The fraction of sp³-hybridized carbons (Fsp3) is 0.0588. The summed E-state index contributed by atoms with van der Waals surface area (Å²) < 4.78 is 0. The van der Waals surface area contributed by atoms with Crippen LogP contribution in [0.15, 0.2) is 144 Å². The normalized spacial score (nSPS) is 12.0. The van der Waals surface area contributed by atoms with Gasteiger partial charge in [-0.1, -0.05) is 121 Å². The zero-order valence-electron chi connectivity index (χ0n) is 23.2. The lowest BCUT2D eigenvalue weighted by atomic mass is 10.1. The van der Waals surface area contributed by atoms with Crippen LogP contribution in [0, 0.1) is 0 Å². The first-order valence-corrected chi connectivity index (χ1v) is 15.3. The maximum absolute atomic E-state index is 13.5. The maximum atomic E-state index is 13.5. The van der Waals surface area contributed by atoms with Gasteiger partial charge in [0.2, 0.25) is 0 Å². The highest BCUT2D eigenvalue weighted by Crippen LogP contribution is 2.27. The van der Waals surface area contributed by atoms with E-state index in [4.69, 9.17) is 0 Å². The van der Waals surface area contributed by atoms with Crippen molar-refractivity contribution in [2.45, 2.75) is 20.9 Å². The number of hydrogen-bond donors (Lipinski definition) is 2. The third-order valence-electron chi connectivity index (χ3n) is 6.26. The van der Waals surface area contributed by atoms with Crippen molar-refractivity contribution < 1.29 is 19.2 Å². The quantitative estimate of drug-likeness (QED) is 0.0580. The van der Waals surface area contributed by atoms with Crippen molar-refractivity contribution in [2.75, 3.05) is 0 Å². The molecule has 0 saturated carbocycles. The Morgan fingerprint density at radius 2 is 0.886 bits per heavy atom. The lowest BCUT2D eigenvalue weighted by Gasteiger charge is -2.18. The van der Waals surface area contributed by atoms with Crippen molar-refractivity contribution in [2.24, 2.45) is 0 Å². The number of hydrogen-bond acceptors (Lipinski definition) is 8. The molecular formula is C34H26N4O4S2. The first-order valence-electron chi connectivity index (χ1n) is 13.5. The van der Waals surface area contributed by atoms with Gasteiger partial charge >= 0.3 is 0 Å². The Balaban J connectivity index is 1.39. The number of nitrogens with one attached hydrogen (secondary N) is 2. The van der Waals surface area contributed by atoms with Gasteiger partial charge in [0.15, 0.2) is 16.7 Å². The average Bonchev–Trinajstić information content (AvgIpc) is 3.08. The average molecular weight is 619 g/mol. The van der Waals surface area contributed by atoms with Gasteiger partial charge in [0.25, 0.3) is 11.8 Å². The van der Waals surface area contributed by atoms with E-state index in [2.05, 4.69) is 20.6 Å². The van der Waals surface area contributed by atoms with E-state index in [1.165, 1.54) is 6.20 Å². The summed E-state index contributed by atoms with van der Waals surface area (Å²) >= 11 is 2.04. The molecule has 0 aliphatic heterocycles. The van der Waals surface area contributed by atoms with Crippen LogP contribution >= 0.6 is 23.5 Å². The van der Waals surface area contributed by atoms with Crippen LogP contribution in [0.1, 0.15) is 41.4 Å². The molecule has 2 N–H and O–H groups in total. The molecule has 0 unspecified atom stereocenters. The Morgan fingerprint density at radius 3 is 1.32 bits per heavy atom. The zero-order valence-corrected chi connectivity index (χ0v) is 24.8. The van der Waals surface area contributed by atoms with Crippen LogP contribution in [-0.2, 0) is 0 Å². The van der Waals surface area contributed by atoms with E-state index < -0.39 is 22.6 Å². The van der Waals surface area contributed by atoms with E-state index in [9.17, 15) is 19.2 Å². The minimum atomic E-state index is -1.04. The Morgan fingerprint density at radius 1 is 0.500 bits per heavy atom. The largest absolute Gasteiger partial charge is 0.333 e. The Hall–Kier alpha value is -5.06. The van der Waals surface area contributed by atoms with Crippen molar-refractivity contribution in [3.8, 4) is 0 Å². The van der Waals surface area contributed by atoms with Gasteiger partial charge in [-0.15, -0.1) is 0 Å². The van der Waals surface area contributed by atoms with Crippen LogP contribution in [0.3, 0.4) is 0 Å². The van der Waals surface area contributed by atoms with Gasteiger partial charge in [0, 0.05) is 28.5 Å². The number of amides is 2. The SMILES string of the molecule is O=C(N[C@H](Sc1nccc(S[C@H](NC(=O)c2ccccc2)C(=O)c2ccccc2)n1)C(=O)c1ccccc1)c1ccccc1. The van der Waals surface area contributed by atoms with Crippen LogP contribution in [0.4, 0.5) is 0 Å². The van der Waals surface area contributed by atoms with Crippen molar-refractivity contribution >= 4 is 46.9 Å². The number of aromatic nitrogens is 2. The summed E-state index contributed by atoms with van der Waals surface area (Å²) in [5, 5.41) is 4.18. The first-order chi connectivity index (χ1) is 21.5. The molecule has 4 aromatic carbocycles. The number of carbonyl (C=O) groups is 4. The number of nitrogens with zero attached hydrogens (tertiary/aromatic N) is 2. The molecule has 0 aliphatic carbocycles. The Bertz CT molecular complexity index is 1610. The third kappa shape index (κ3) is 8.06. The van der Waals surface area contributed by atoms with E-state index >= 15 is 0 Å². The number of Topliss-reactive ketones (excluding diaryl/α,β-unsaturated/α-hetero) is 2. The number of carbonyl (C=O) groups excluding carboxylic acids is 4. The van der Waals surface area contributed by atoms with Crippen LogP contribution in [0.2, 0.25) is 0 Å². The fourth-order valence-electron chi connectivity index (χ4n) is 4.06. The van der Waals surface area contributed by atoms with E-state index in [0.29, 0.717) is 27.3 Å². The summed E-state index contributed by atoms with van der Waals surface area (Å²) in [6.45, 7) is 0. The molecule has 0 saturated heterocycles. The predicted molar refractivity (Wildman–Crippen MR) is 171 cm³/mol. The summed E-state index contributed by atoms with van der Waals surface area (Å²) in [6, 6.07) is 36.1. The summed E-state index contributed by atoms with van der Waals surface area (Å²) in [7, 11) is 0. The molecule has 2 amide bonds. The molecule has 5 rings (SSSR count). The molecule has 8 nitrogen and oxygen atoms in total. The van der Waals surface area contributed by atoms with Gasteiger partial charge in [-0.05, 0) is 30.3 Å². The maximum Gasteiger partial charge on any atom is 0.252 e. The standard InChI is InChI=1S/C34H26N4O4S2/c39-28(23-13-5-1-6-14-23)32(37-30(41)25-17-9-3-10-18-25)43-27-21-22-35-34(36-27)44-33(29(40)24-15-7-2-8-16-24)38-31(42)26-19-11-4-12-20-26/h1-22,32-33H,(H,37,41)(H,38,42)/t32-,33+/m0/s1. The van der Waals surface area contributed by atoms with Crippen LogP contribution in [-0.4, -0.2) is 44.1 Å². The monoisotopic (exact) mass is 618 g/mol. The molecular weight excluding hydrogens is 593 g/mol. The van der Waals surface area contributed by atoms with Crippen molar-refractivity contribution in [1.82, 2.24) is 20.6 Å². The molecule has 5 aromatic rings. The van der Waals surface area contributed by atoms with Gasteiger partial charge in [-0.3, -0.25) is 19.2 Å². The van der Waals surface area contributed by atoms with Gasteiger partial charge in [0.05, 0.1) is 0 Å². The van der Waals surface area contributed by atoms with E-state index in [1.807, 2.05) is 0 Å². The molecule has 0 radical (unpaired) electrons. The number of rotatable bonds is 12. The number of benzene rings is 4. The van der Waals surface area contributed by atoms with Crippen LogP contribution < -0.4 is 10.6 Å². The second-order valence-electron chi connectivity index (χ2n) is 9.31. The lowest BCUT2D eigenvalue weighted by molar-refractivity contribution is 0.0892. The number of ketones is 2. The van der Waals surface area contributed by atoms with E-state index in [0.717, 1.165) is 23.5 Å². The van der Waals surface area contributed by atoms with Gasteiger partial charge in [0.1, 0.15) is 15.8 Å². The van der Waals surface area contributed by atoms with Gasteiger partial charge < -0.3 is 10.6 Å². The summed E-state index contributed by atoms with van der Waals surface area (Å²) in [4.78, 5) is 61.9. The molecule has 2 atom stereocenters. The van der Waals surface area contributed by atoms with E-state index in [1.54, 1.807) is 127 Å².